The smallest absolute Gasteiger partial charge is 0.351 e. The van der Waals surface area contributed by atoms with Gasteiger partial charge in [0.05, 0.1) is 17.9 Å². The van der Waals surface area contributed by atoms with Crippen LogP contribution in [0.5, 0.6) is 0 Å². The lowest BCUT2D eigenvalue weighted by Crippen LogP contribution is -2.41. The molecule has 146 valence electrons. The molecule has 1 aromatic heterocycles. The number of ether oxygens (including phenoxy) is 1. The molecular weight excluding hydrogens is 383 g/mol. The van der Waals surface area contributed by atoms with Gasteiger partial charge >= 0.3 is 6.18 Å². The van der Waals surface area contributed by atoms with Gasteiger partial charge in [0.2, 0.25) is 4.93 Å². The van der Waals surface area contributed by atoms with Crippen molar-refractivity contribution in [2.45, 2.75) is 24.1 Å². The molecule has 1 fully saturated rings. The van der Waals surface area contributed by atoms with Gasteiger partial charge in [-0.05, 0) is 12.1 Å². The Bertz CT molecular complexity index is 964. The number of aromatic nitrogens is 2. The van der Waals surface area contributed by atoms with Crippen molar-refractivity contribution in [3.8, 4) is 11.3 Å². The van der Waals surface area contributed by atoms with Gasteiger partial charge in [-0.15, -0.1) is 0 Å². The first kappa shape index (κ1) is 18.5. The molecule has 0 amide bonds. The predicted molar refractivity (Wildman–Crippen MR) is 91.5 cm³/mol. The van der Waals surface area contributed by atoms with Crippen LogP contribution < -0.4 is 0 Å². The summed E-state index contributed by atoms with van der Waals surface area (Å²) in [7, 11) is -3.33. The molecule has 6 nitrogen and oxygen atoms in total. The van der Waals surface area contributed by atoms with Crippen molar-refractivity contribution in [1.29, 1.82) is 0 Å². The highest BCUT2D eigenvalue weighted by molar-refractivity contribution is 7.92. The Balaban J connectivity index is 1.57. The maximum atomic E-state index is 12.8. The number of halogens is 3. The van der Waals surface area contributed by atoms with Gasteiger partial charge in [-0.25, -0.2) is 8.42 Å². The molecule has 27 heavy (non-hydrogen) atoms. The van der Waals surface area contributed by atoms with E-state index in [0.717, 1.165) is 23.4 Å². The zero-order chi connectivity index (χ0) is 19.4. The van der Waals surface area contributed by atoms with Gasteiger partial charge < -0.3 is 4.74 Å². The highest BCUT2D eigenvalue weighted by atomic mass is 32.2. The number of fused-ring (bicyclic) bond motifs is 1. The molecule has 1 aromatic carbocycles. The van der Waals surface area contributed by atoms with Crippen molar-refractivity contribution in [2.24, 2.45) is 0 Å². The largest absolute Gasteiger partial charge is 0.416 e. The minimum Gasteiger partial charge on any atom is -0.351 e. The second-order valence-electron chi connectivity index (χ2n) is 7.04. The Morgan fingerprint density at radius 2 is 1.96 bits per heavy atom. The Morgan fingerprint density at radius 1 is 1.30 bits per heavy atom. The topological polar surface area (TPSA) is 78.6 Å². The molecular formula is C17H18F3N3O3S. The molecule has 1 unspecified atom stereocenters. The van der Waals surface area contributed by atoms with E-state index in [1.165, 1.54) is 18.4 Å². The average molecular weight is 401 g/mol. The van der Waals surface area contributed by atoms with E-state index >= 15 is 0 Å². The Morgan fingerprint density at radius 3 is 2.52 bits per heavy atom. The van der Waals surface area contributed by atoms with Crippen molar-refractivity contribution in [3.05, 3.63) is 41.1 Å². The van der Waals surface area contributed by atoms with E-state index in [1.54, 1.807) is 0 Å². The molecule has 0 aliphatic carbocycles. The summed E-state index contributed by atoms with van der Waals surface area (Å²) in [5.74, 6) is 0. The first-order valence-electron chi connectivity index (χ1n) is 8.39. The van der Waals surface area contributed by atoms with Crippen LogP contribution in [0.15, 0.2) is 24.3 Å². The SMILES string of the molecule is CS(=O)(=O)C1(CN2CCc3[nH]nc(-c4ccc(C(F)(F)F)cc4)c3C2)CO1. The lowest BCUT2D eigenvalue weighted by Gasteiger charge is -2.28. The van der Waals surface area contributed by atoms with Crippen molar-refractivity contribution in [3.63, 3.8) is 0 Å². The molecule has 0 radical (unpaired) electrons. The van der Waals surface area contributed by atoms with Crippen molar-refractivity contribution < 1.29 is 26.3 Å². The average Bonchev–Trinajstić information content (AvgIpc) is 3.26. The van der Waals surface area contributed by atoms with Gasteiger partial charge in [0.25, 0.3) is 0 Å². The van der Waals surface area contributed by atoms with Crippen LogP contribution in [0, 0.1) is 0 Å². The summed E-state index contributed by atoms with van der Waals surface area (Å²) >= 11 is 0. The van der Waals surface area contributed by atoms with Crippen LogP contribution in [0.2, 0.25) is 0 Å². The van der Waals surface area contributed by atoms with Crippen LogP contribution >= 0.6 is 0 Å². The number of rotatable bonds is 4. The summed E-state index contributed by atoms with van der Waals surface area (Å²) in [6.45, 7) is 1.57. The highest BCUT2D eigenvalue weighted by Crippen LogP contribution is 2.37. The van der Waals surface area contributed by atoms with Crippen LogP contribution in [0.25, 0.3) is 11.3 Å². The minimum atomic E-state index is -4.38. The quantitative estimate of drug-likeness (QED) is 0.795. The van der Waals surface area contributed by atoms with Gasteiger partial charge in [-0.1, -0.05) is 12.1 Å². The number of hydrogen-bond acceptors (Lipinski definition) is 5. The Labute approximate surface area is 154 Å². The molecule has 0 spiro atoms. The van der Waals surface area contributed by atoms with Crippen LogP contribution in [0.4, 0.5) is 13.2 Å². The van der Waals surface area contributed by atoms with Crippen LogP contribution in [-0.4, -0.2) is 54.4 Å². The van der Waals surface area contributed by atoms with E-state index in [2.05, 4.69) is 10.2 Å². The van der Waals surface area contributed by atoms with Crippen molar-refractivity contribution in [2.75, 3.05) is 26.0 Å². The molecule has 2 aromatic rings. The maximum absolute atomic E-state index is 12.8. The molecule has 4 rings (SSSR count). The summed E-state index contributed by atoms with van der Waals surface area (Å²) in [4.78, 5) is 0.849. The van der Waals surface area contributed by atoms with Gasteiger partial charge in [0.1, 0.15) is 0 Å². The lowest BCUT2D eigenvalue weighted by molar-refractivity contribution is -0.137. The number of nitrogens with zero attached hydrogens (tertiary/aromatic N) is 2. The summed E-state index contributed by atoms with van der Waals surface area (Å²) in [5, 5.41) is 7.22. The lowest BCUT2D eigenvalue weighted by atomic mass is 10.00. The molecule has 2 aliphatic rings. The molecule has 10 heteroatoms. The number of sulfone groups is 1. The van der Waals surface area contributed by atoms with Crippen LogP contribution in [0.3, 0.4) is 0 Å². The third-order valence-electron chi connectivity index (χ3n) is 5.10. The van der Waals surface area contributed by atoms with Gasteiger partial charge in [0, 0.05) is 49.1 Å². The number of alkyl halides is 3. The minimum absolute atomic E-state index is 0.187. The van der Waals surface area contributed by atoms with Gasteiger partial charge in [0.15, 0.2) is 9.84 Å². The number of aromatic amines is 1. The first-order chi connectivity index (χ1) is 12.6. The fraction of sp³-hybridized carbons (Fsp3) is 0.471. The standard InChI is InChI=1S/C17H18F3N3O3S/c1-27(24,25)16(10-26-16)9-23-7-6-14-13(8-23)15(22-21-14)11-2-4-12(5-3-11)17(18,19)20/h2-5H,6-10H2,1H3,(H,21,22). The molecule has 0 bridgehead atoms. The Hall–Kier alpha value is -1.91. The van der Waals surface area contributed by atoms with E-state index in [-0.39, 0.29) is 13.2 Å². The van der Waals surface area contributed by atoms with Crippen LogP contribution in [0.1, 0.15) is 16.8 Å². The van der Waals surface area contributed by atoms with E-state index in [9.17, 15) is 21.6 Å². The number of nitrogens with one attached hydrogen (secondary N) is 1. The fourth-order valence-corrected chi connectivity index (χ4v) is 4.29. The second kappa shape index (κ2) is 6.05. The maximum Gasteiger partial charge on any atom is 0.416 e. The molecule has 2 aliphatic heterocycles. The normalized spacial score (nSPS) is 23.3. The van der Waals surface area contributed by atoms with Crippen LogP contribution in [-0.2, 0) is 33.7 Å². The van der Waals surface area contributed by atoms with E-state index in [4.69, 9.17) is 4.74 Å². The predicted octanol–water partition coefficient (Wildman–Crippen LogP) is 2.22. The number of hydrogen-bond donors (Lipinski definition) is 1. The van der Waals surface area contributed by atoms with Crippen molar-refractivity contribution >= 4 is 9.84 Å². The van der Waals surface area contributed by atoms with Crippen molar-refractivity contribution in [1.82, 2.24) is 15.1 Å². The molecule has 0 saturated carbocycles. The molecule has 1 atom stereocenters. The van der Waals surface area contributed by atoms with Gasteiger partial charge in [-0.3, -0.25) is 10.00 Å². The molecule has 1 N–H and O–H groups in total. The number of epoxide rings is 1. The number of benzene rings is 1. The summed E-state index contributed by atoms with van der Waals surface area (Å²) in [6, 6.07) is 4.88. The monoisotopic (exact) mass is 401 g/mol. The van der Waals surface area contributed by atoms with E-state index in [0.29, 0.717) is 30.8 Å². The third-order valence-corrected chi connectivity index (χ3v) is 6.82. The Kier molecular flexibility index (Phi) is 4.13. The first-order valence-corrected chi connectivity index (χ1v) is 10.3. The number of H-pyrrole nitrogens is 1. The zero-order valence-corrected chi connectivity index (χ0v) is 15.3. The fourth-order valence-electron chi connectivity index (χ4n) is 3.39. The van der Waals surface area contributed by atoms with E-state index < -0.39 is 26.5 Å². The molecule has 1 saturated heterocycles. The highest BCUT2D eigenvalue weighted by Gasteiger charge is 2.55. The summed E-state index contributed by atoms with van der Waals surface area (Å²) in [5.41, 5.74) is 2.27. The summed E-state index contributed by atoms with van der Waals surface area (Å²) in [6.07, 6.45) is -2.56. The summed E-state index contributed by atoms with van der Waals surface area (Å²) < 4.78 is 67.4. The third kappa shape index (κ3) is 3.37. The molecule has 3 heterocycles. The van der Waals surface area contributed by atoms with Gasteiger partial charge in [-0.2, -0.15) is 18.3 Å². The zero-order valence-electron chi connectivity index (χ0n) is 14.5. The second-order valence-corrected chi connectivity index (χ2v) is 9.32. The van der Waals surface area contributed by atoms with E-state index in [1.807, 2.05) is 4.90 Å².